The Morgan fingerprint density at radius 1 is 1.27 bits per heavy atom. The molecule has 0 atom stereocenters. The molecule has 5 nitrogen and oxygen atoms in total. The van der Waals surface area contributed by atoms with Crippen molar-refractivity contribution in [1.29, 1.82) is 0 Å². The van der Waals surface area contributed by atoms with Crippen LogP contribution >= 0.6 is 0 Å². The first-order chi connectivity index (χ1) is 6.86. The van der Waals surface area contributed by atoms with E-state index in [1.54, 1.807) is 0 Å². The lowest BCUT2D eigenvalue weighted by atomic mass is 10.1. The van der Waals surface area contributed by atoms with Crippen molar-refractivity contribution in [3.63, 3.8) is 0 Å². The van der Waals surface area contributed by atoms with Crippen LogP contribution in [0.3, 0.4) is 0 Å². The fraction of sp³-hybridized carbons (Fsp3) is 0.300. The van der Waals surface area contributed by atoms with Crippen LogP contribution in [0, 0.1) is 0 Å². The van der Waals surface area contributed by atoms with Crippen molar-refractivity contribution < 1.29 is 24.6 Å². The lowest BCUT2D eigenvalue weighted by Gasteiger charge is -1.94. The number of hydrogen-bond donors (Lipinski definition) is 2. The van der Waals surface area contributed by atoms with Crippen LogP contribution in [0.4, 0.5) is 0 Å². The predicted octanol–water partition coefficient (Wildman–Crippen LogP) is 1.25. The van der Waals surface area contributed by atoms with Gasteiger partial charge in [0.2, 0.25) is 0 Å². The van der Waals surface area contributed by atoms with Gasteiger partial charge in [-0.3, -0.25) is 4.79 Å². The zero-order valence-corrected chi connectivity index (χ0v) is 8.52. The van der Waals surface area contributed by atoms with Crippen molar-refractivity contribution >= 4 is 17.7 Å². The van der Waals surface area contributed by atoms with E-state index in [0.29, 0.717) is 6.42 Å². The number of ketones is 1. The highest BCUT2D eigenvalue weighted by atomic mass is 16.4. The fourth-order valence-electron chi connectivity index (χ4n) is 0.497. The second-order valence-electron chi connectivity index (χ2n) is 2.50. The lowest BCUT2D eigenvalue weighted by molar-refractivity contribution is -0.135. The average Bonchev–Trinajstić information content (AvgIpc) is 2.17. The van der Waals surface area contributed by atoms with Crippen LogP contribution in [0.15, 0.2) is 24.8 Å². The summed E-state index contributed by atoms with van der Waals surface area (Å²) in [5.74, 6) is -2.58. The first-order valence-corrected chi connectivity index (χ1v) is 4.17. The van der Waals surface area contributed by atoms with E-state index in [1.165, 1.54) is 0 Å². The Hall–Kier alpha value is -1.91. The number of hydrogen-bond acceptors (Lipinski definition) is 3. The standard InChI is InChI=1S/C7H10O3.C3H4O2/c1-3-4-6(8)5(2)7(9)10;1-2-3(4)5/h2-4H2,1H3,(H,9,10);2H,1H2,(H,4,5). The third kappa shape index (κ3) is 10.0. The summed E-state index contributed by atoms with van der Waals surface area (Å²) in [6, 6.07) is 0. The Balaban J connectivity index is 0. The van der Waals surface area contributed by atoms with Crippen LogP contribution < -0.4 is 0 Å². The van der Waals surface area contributed by atoms with Gasteiger partial charge in [0.15, 0.2) is 5.78 Å². The number of carbonyl (C=O) groups is 3. The molecule has 0 radical (unpaired) electrons. The minimum atomic E-state index is -1.22. The van der Waals surface area contributed by atoms with Crippen LogP contribution in [0.2, 0.25) is 0 Å². The number of carboxylic acid groups (broad SMARTS) is 2. The molecule has 0 aliphatic rings. The Bertz CT molecular complexity index is 278. The van der Waals surface area contributed by atoms with Crippen molar-refractivity contribution in [3.05, 3.63) is 24.8 Å². The highest BCUT2D eigenvalue weighted by molar-refractivity contribution is 6.15. The lowest BCUT2D eigenvalue weighted by Crippen LogP contribution is -2.09. The summed E-state index contributed by atoms with van der Waals surface area (Å²) >= 11 is 0. The Labute approximate surface area is 87.7 Å². The molecule has 0 aliphatic carbocycles. The second-order valence-corrected chi connectivity index (χ2v) is 2.50. The topological polar surface area (TPSA) is 91.7 Å². The van der Waals surface area contributed by atoms with E-state index in [1.807, 2.05) is 6.92 Å². The molecule has 0 aromatic carbocycles. The quantitative estimate of drug-likeness (QED) is 0.408. The molecule has 5 heteroatoms. The van der Waals surface area contributed by atoms with E-state index in [4.69, 9.17) is 10.2 Å². The zero-order valence-electron chi connectivity index (χ0n) is 8.52. The fourth-order valence-corrected chi connectivity index (χ4v) is 0.497. The molecule has 0 rings (SSSR count). The van der Waals surface area contributed by atoms with Gasteiger partial charge >= 0.3 is 11.9 Å². The third-order valence-electron chi connectivity index (χ3n) is 1.25. The number of carbonyl (C=O) groups excluding carboxylic acids is 1. The zero-order chi connectivity index (χ0) is 12.4. The molecule has 2 N–H and O–H groups in total. The molecular formula is C10H14O5. The van der Waals surface area contributed by atoms with Gasteiger partial charge in [-0.2, -0.15) is 0 Å². The van der Waals surface area contributed by atoms with Crippen LogP contribution in [0.25, 0.3) is 0 Å². The summed E-state index contributed by atoms with van der Waals surface area (Å²) < 4.78 is 0. The second kappa shape index (κ2) is 8.68. The van der Waals surface area contributed by atoms with E-state index in [-0.39, 0.29) is 17.8 Å². The van der Waals surface area contributed by atoms with Crippen LogP contribution in [-0.2, 0) is 14.4 Å². The van der Waals surface area contributed by atoms with E-state index >= 15 is 0 Å². The Kier molecular flexibility index (Phi) is 9.00. The largest absolute Gasteiger partial charge is 0.478 e. The van der Waals surface area contributed by atoms with Crippen LogP contribution in [0.1, 0.15) is 19.8 Å². The number of rotatable bonds is 5. The van der Waals surface area contributed by atoms with Crippen molar-refractivity contribution in [2.45, 2.75) is 19.8 Å². The molecular weight excluding hydrogens is 200 g/mol. The summed E-state index contributed by atoms with van der Waals surface area (Å²) in [6.07, 6.45) is 1.76. The monoisotopic (exact) mass is 214 g/mol. The molecule has 0 spiro atoms. The first-order valence-electron chi connectivity index (χ1n) is 4.17. The summed E-state index contributed by atoms with van der Waals surface area (Å²) in [6.45, 7) is 7.90. The average molecular weight is 214 g/mol. The molecule has 0 heterocycles. The van der Waals surface area contributed by atoms with Crippen molar-refractivity contribution in [1.82, 2.24) is 0 Å². The van der Waals surface area contributed by atoms with Crippen molar-refractivity contribution in [2.24, 2.45) is 0 Å². The van der Waals surface area contributed by atoms with Gasteiger partial charge in [-0.25, -0.2) is 9.59 Å². The van der Waals surface area contributed by atoms with Gasteiger partial charge in [-0.05, 0) is 6.42 Å². The van der Waals surface area contributed by atoms with Gasteiger partial charge < -0.3 is 10.2 Å². The van der Waals surface area contributed by atoms with Gasteiger partial charge in [0.1, 0.15) is 0 Å². The van der Waals surface area contributed by atoms with E-state index in [2.05, 4.69) is 13.2 Å². The van der Waals surface area contributed by atoms with Gasteiger partial charge in [0, 0.05) is 12.5 Å². The molecule has 0 saturated heterocycles. The molecule has 0 unspecified atom stereocenters. The highest BCUT2D eigenvalue weighted by Crippen LogP contribution is 1.99. The third-order valence-corrected chi connectivity index (χ3v) is 1.25. The van der Waals surface area contributed by atoms with Gasteiger partial charge in [-0.1, -0.05) is 20.1 Å². The van der Waals surface area contributed by atoms with Crippen LogP contribution in [0.5, 0.6) is 0 Å². The Morgan fingerprint density at radius 2 is 1.67 bits per heavy atom. The summed E-state index contributed by atoms with van der Waals surface area (Å²) in [5.41, 5.74) is -0.318. The first kappa shape index (κ1) is 15.6. The van der Waals surface area contributed by atoms with Crippen molar-refractivity contribution in [3.8, 4) is 0 Å². The molecule has 0 bridgehead atoms. The number of Topliss-reactive ketones (excluding diaryl/α,β-unsaturated/α-hetero) is 1. The molecule has 0 amide bonds. The highest BCUT2D eigenvalue weighted by Gasteiger charge is 2.11. The maximum atomic E-state index is 10.7. The SMILES string of the molecule is C=C(C(=O)O)C(=O)CCC.C=CC(=O)O. The smallest absolute Gasteiger partial charge is 0.338 e. The van der Waals surface area contributed by atoms with Gasteiger partial charge in [-0.15, -0.1) is 0 Å². The molecule has 84 valence electrons. The summed E-state index contributed by atoms with van der Waals surface area (Å²) in [4.78, 5) is 30.0. The molecule has 0 saturated carbocycles. The minimum Gasteiger partial charge on any atom is -0.478 e. The van der Waals surface area contributed by atoms with Crippen molar-refractivity contribution in [2.75, 3.05) is 0 Å². The number of carboxylic acids is 2. The van der Waals surface area contributed by atoms with E-state index < -0.39 is 11.9 Å². The number of aliphatic carboxylic acids is 2. The molecule has 0 aromatic rings. The maximum Gasteiger partial charge on any atom is 0.338 e. The van der Waals surface area contributed by atoms with E-state index in [0.717, 1.165) is 6.08 Å². The molecule has 0 aromatic heterocycles. The molecule has 15 heavy (non-hydrogen) atoms. The molecule has 0 aliphatic heterocycles. The van der Waals surface area contributed by atoms with Gasteiger partial charge in [0.25, 0.3) is 0 Å². The minimum absolute atomic E-state index is 0.269. The maximum absolute atomic E-state index is 10.7. The summed E-state index contributed by atoms with van der Waals surface area (Å²) in [7, 11) is 0. The molecule has 0 fully saturated rings. The van der Waals surface area contributed by atoms with Gasteiger partial charge in [0.05, 0.1) is 5.57 Å². The summed E-state index contributed by atoms with van der Waals surface area (Å²) in [5, 5.41) is 15.9. The predicted molar refractivity (Wildman–Crippen MR) is 54.5 cm³/mol. The van der Waals surface area contributed by atoms with E-state index in [9.17, 15) is 14.4 Å². The Morgan fingerprint density at radius 3 is 1.87 bits per heavy atom. The normalized spacial score (nSPS) is 8.07. The van der Waals surface area contributed by atoms with Crippen LogP contribution in [-0.4, -0.2) is 27.9 Å².